The predicted octanol–water partition coefficient (Wildman–Crippen LogP) is 4.84. The van der Waals surface area contributed by atoms with Gasteiger partial charge < -0.3 is 10.4 Å². The number of aliphatic hydroxyl groups is 1. The van der Waals surface area contributed by atoms with Crippen LogP contribution in [-0.2, 0) is 19.1 Å². The summed E-state index contributed by atoms with van der Waals surface area (Å²) in [5, 5.41) is 24.0. The zero-order valence-electron chi connectivity index (χ0n) is 25.7. The van der Waals surface area contributed by atoms with Gasteiger partial charge in [0, 0.05) is 35.8 Å². The molecule has 10 nitrogen and oxygen atoms in total. The molecule has 3 aromatic heterocycles. The number of benzene rings is 2. The van der Waals surface area contributed by atoms with E-state index in [2.05, 4.69) is 53.2 Å². The van der Waals surface area contributed by atoms with Gasteiger partial charge in [0.05, 0.1) is 29.6 Å². The second-order valence-corrected chi connectivity index (χ2v) is 12.5. The van der Waals surface area contributed by atoms with Crippen LogP contribution in [0, 0.1) is 0 Å². The molecule has 5 aromatic rings. The van der Waals surface area contributed by atoms with Crippen molar-refractivity contribution in [2.24, 2.45) is 7.05 Å². The van der Waals surface area contributed by atoms with E-state index in [0.717, 1.165) is 35.9 Å². The van der Waals surface area contributed by atoms with Crippen LogP contribution >= 0.6 is 0 Å². The number of nitrogens with zero attached hydrogens (tertiary/aromatic N) is 6. The van der Waals surface area contributed by atoms with Crippen LogP contribution in [0.4, 0.5) is 11.5 Å². The molecule has 6 rings (SSSR count). The SMILES string of the molecule is CN1CCC[C@H]1c1ccc(Nc2cc(-c3cccc(-n4ncc5cc(C(C)(C)C)ccc5c4=O)c3CO)nn(C)c2=O)nc1. The van der Waals surface area contributed by atoms with Gasteiger partial charge in [0.2, 0.25) is 0 Å². The Labute approximate surface area is 255 Å². The normalized spacial score (nSPS) is 15.6. The molecule has 1 aliphatic heterocycles. The number of rotatable bonds is 6. The van der Waals surface area contributed by atoms with Crippen LogP contribution in [0.5, 0.6) is 0 Å². The molecule has 2 N–H and O–H groups in total. The first kappa shape index (κ1) is 29.4. The first-order valence-electron chi connectivity index (χ1n) is 14.8. The van der Waals surface area contributed by atoms with E-state index < -0.39 is 0 Å². The molecule has 0 amide bonds. The van der Waals surface area contributed by atoms with Gasteiger partial charge in [0.25, 0.3) is 11.1 Å². The van der Waals surface area contributed by atoms with Gasteiger partial charge in [-0.15, -0.1) is 0 Å². The van der Waals surface area contributed by atoms with E-state index in [1.165, 1.54) is 9.36 Å². The van der Waals surface area contributed by atoms with E-state index in [9.17, 15) is 14.7 Å². The average Bonchev–Trinajstić information content (AvgIpc) is 3.44. The van der Waals surface area contributed by atoms with Gasteiger partial charge in [-0.3, -0.25) is 14.5 Å². The van der Waals surface area contributed by atoms with Crippen LogP contribution in [-0.4, -0.2) is 48.1 Å². The Morgan fingerprint density at radius 3 is 2.50 bits per heavy atom. The largest absolute Gasteiger partial charge is 0.392 e. The maximum atomic E-state index is 13.6. The molecule has 2 aromatic carbocycles. The molecule has 0 saturated carbocycles. The molecule has 1 saturated heterocycles. The minimum absolute atomic E-state index is 0.0655. The summed E-state index contributed by atoms with van der Waals surface area (Å²) in [4.78, 5) is 33.6. The summed E-state index contributed by atoms with van der Waals surface area (Å²) >= 11 is 0. The summed E-state index contributed by atoms with van der Waals surface area (Å²) in [5.74, 6) is 0.543. The molecule has 226 valence electrons. The fourth-order valence-electron chi connectivity index (χ4n) is 5.94. The standard InChI is InChI=1S/C34H37N7O3/c1-34(2,3)23-12-13-24-22(16-23)19-36-41(32(24)43)30-9-6-8-25(26(30)20-42)27-17-28(33(44)40(5)38-27)37-31-14-11-21(18-35-31)29-10-7-15-39(29)4/h6,8-9,11-14,16-19,29,42H,7,10,15,20H2,1-5H3,(H,35,37)/t29-/m0/s1. The highest BCUT2D eigenvalue weighted by Crippen LogP contribution is 2.31. The number of hydrogen-bond donors (Lipinski definition) is 2. The van der Waals surface area contributed by atoms with Crippen molar-refractivity contribution in [1.82, 2.24) is 29.4 Å². The fraction of sp³-hybridized carbons (Fsp3) is 0.324. The van der Waals surface area contributed by atoms with E-state index in [4.69, 9.17) is 0 Å². The molecule has 0 aliphatic carbocycles. The highest BCUT2D eigenvalue weighted by Gasteiger charge is 2.23. The lowest BCUT2D eigenvalue weighted by atomic mass is 9.86. The fourth-order valence-corrected chi connectivity index (χ4v) is 5.94. The minimum Gasteiger partial charge on any atom is -0.392 e. The zero-order valence-corrected chi connectivity index (χ0v) is 25.7. The minimum atomic E-state index is -0.369. The quantitative estimate of drug-likeness (QED) is 0.288. The average molecular weight is 592 g/mol. The molecule has 0 spiro atoms. The van der Waals surface area contributed by atoms with Crippen LogP contribution in [0.25, 0.3) is 27.7 Å². The highest BCUT2D eigenvalue weighted by molar-refractivity contribution is 5.82. The first-order chi connectivity index (χ1) is 21.0. The smallest absolute Gasteiger partial charge is 0.290 e. The lowest BCUT2D eigenvalue weighted by Crippen LogP contribution is -2.24. The summed E-state index contributed by atoms with van der Waals surface area (Å²) in [5.41, 5.74) is 3.81. The summed E-state index contributed by atoms with van der Waals surface area (Å²) in [7, 11) is 3.70. The lowest BCUT2D eigenvalue weighted by Gasteiger charge is -2.20. The van der Waals surface area contributed by atoms with E-state index in [-0.39, 0.29) is 23.1 Å². The second kappa shape index (κ2) is 11.4. The van der Waals surface area contributed by atoms with Crippen molar-refractivity contribution >= 4 is 22.3 Å². The van der Waals surface area contributed by atoms with Crippen LogP contribution < -0.4 is 16.4 Å². The molecule has 0 unspecified atom stereocenters. The highest BCUT2D eigenvalue weighted by atomic mass is 16.3. The van der Waals surface area contributed by atoms with Gasteiger partial charge in [0.15, 0.2) is 0 Å². The Bertz CT molecular complexity index is 1970. The number of likely N-dealkylation sites (tertiary alicyclic amines) is 1. The Morgan fingerprint density at radius 1 is 1.00 bits per heavy atom. The van der Waals surface area contributed by atoms with E-state index in [0.29, 0.717) is 45.4 Å². The Hall–Kier alpha value is -4.67. The number of hydrogen-bond acceptors (Lipinski definition) is 8. The first-order valence-corrected chi connectivity index (χ1v) is 14.8. The van der Waals surface area contributed by atoms with Crippen LogP contribution in [0.15, 0.2) is 76.6 Å². The number of nitrogens with one attached hydrogen (secondary N) is 1. The maximum absolute atomic E-state index is 13.6. The molecule has 0 radical (unpaired) electrons. The third-order valence-electron chi connectivity index (χ3n) is 8.48. The maximum Gasteiger partial charge on any atom is 0.290 e. The van der Waals surface area contributed by atoms with Crippen molar-refractivity contribution in [1.29, 1.82) is 0 Å². The monoisotopic (exact) mass is 591 g/mol. The number of aromatic nitrogens is 5. The van der Waals surface area contributed by atoms with Gasteiger partial charge in [-0.1, -0.05) is 45.0 Å². The zero-order chi connectivity index (χ0) is 31.2. The molecule has 1 aliphatic rings. The molecule has 1 fully saturated rings. The van der Waals surface area contributed by atoms with Crippen LogP contribution in [0.3, 0.4) is 0 Å². The van der Waals surface area contributed by atoms with Crippen molar-refractivity contribution in [2.45, 2.75) is 51.7 Å². The summed E-state index contributed by atoms with van der Waals surface area (Å²) in [6.45, 7) is 7.07. The molecular formula is C34H37N7O3. The van der Waals surface area contributed by atoms with Gasteiger partial charge >= 0.3 is 0 Å². The Kier molecular flexibility index (Phi) is 7.65. The van der Waals surface area contributed by atoms with Crippen molar-refractivity contribution in [3.8, 4) is 16.9 Å². The van der Waals surface area contributed by atoms with Crippen molar-refractivity contribution < 1.29 is 5.11 Å². The number of anilines is 2. The number of pyridine rings is 1. The second-order valence-electron chi connectivity index (χ2n) is 12.5. The molecule has 44 heavy (non-hydrogen) atoms. The van der Waals surface area contributed by atoms with Gasteiger partial charge in [0.1, 0.15) is 11.5 Å². The molecule has 10 heteroatoms. The molecule has 4 heterocycles. The molecular weight excluding hydrogens is 554 g/mol. The van der Waals surface area contributed by atoms with E-state index in [1.54, 1.807) is 37.5 Å². The Morgan fingerprint density at radius 2 is 1.82 bits per heavy atom. The van der Waals surface area contributed by atoms with Crippen LogP contribution in [0.1, 0.15) is 56.3 Å². The molecule has 0 bridgehead atoms. The summed E-state index contributed by atoms with van der Waals surface area (Å²) in [6, 6.07) is 17.0. The summed E-state index contributed by atoms with van der Waals surface area (Å²) in [6.07, 6.45) is 5.80. The summed E-state index contributed by atoms with van der Waals surface area (Å²) < 4.78 is 2.56. The topological polar surface area (TPSA) is 118 Å². The van der Waals surface area contributed by atoms with Crippen molar-refractivity contribution in [3.05, 3.63) is 104 Å². The number of aryl methyl sites for hydroxylation is 1. The van der Waals surface area contributed by atoms with Crippen LogP contribution in [0.2, 0.25) is 0 Å². The van der Waals surface area contributed by atoms with Crippen molar-refractivity contribution in [3.63, 3.8) is 0 Å². The third-order valence-corrected chi connectivity index (χ3v) is 8.48. The van der Waals surface area contributed by atoms with Gasteiger partial charge in [-0.25, -0.2) is 9.67 Å². The van der Waals surface area contributed by atoms with Crippen molar-refractivity contribution in [2.75, 3.05) is 18.9 Å². The number of aliphatic hydroxyl groups excluding tert-OH is 1. The van der Waals surface area contributed by atoms with E-state index >= 15 is 0 Å². The predicted molar refractivity (Wildman–Crippen MR) is 173 cm³/mol. The van der Waals surface area contributed by atoms with Gasteiger partial charge in [-0.05, 0) is 73.3 Å². The van der Waals surface area contributed by atoms with E-state index in [1.807, 2.05) is 36.5 Å². The number of fused-ring (bicyclic) bond motifs is 1. The third kappa shape index (κ3) is 5.42. The lowest BCUT2D eigenvalue weighted by molar-refractivity contribution is 0.281. The Balaban J connectivity index is 1.37. The van der Waals surface area contributed by atoms with Gasteiger partial charge in [-0.2, -0.15) is 14.9 Å². The molecule has 1 atom stereocenters.